The van der Waals surface area contributed by atoms with Gasteiger partial charge < -0.3 is 14.6 Å². The normalized spacial score (nSPS) is 11.0. The van der Waals surface area contributed by atoms with Crippen LogP contribution in [0.15, 0.2) is 76.8 Å². The van der Waals surface area contributed by atoms with E-state index in [1.54, 1.807) is 23.6 Å². The fourth-order valence-corrected chi connectivity index (χ4v) is 5.37. The van der Waals surface area contributed by atoms with E-state index in [9.17, 15) is 19.8 Å². The topological polar surface area (TPSA) is 126 Å². The van der Waals surface area contributed by atoms with Gasteiger partial charge in [-0.2, -0.15) is 0 Å². The van der Waals surface area contributed by atoms with Crippen LogP contribution in [-0.4, -0.2) is 37.1 Å². The van der Waals surface area contributed by atoms with E-state index in [0.29, 0.717) is 17.1 Å². The number of pyridine rings is 3. The molecule has 5 rings (SSSR count). The molecule has 0 atom stereocenters. The Morgan fingerprint density at radius 2 is 1.45 bits per heavy atom. The summed E-state index contributed by atoms with van der Waals surface area (Å²) in [5.41, 5.74) is 3.32. The van der Waals surface area contributed by atoms with Crippen molar-refractivity contribution in [2.24, 2.45) is 0 Å². The lowest BCUT2D eigenvalue weighted by molar-refractivity contribution is 0.0686. The van der Waals surface area contributed by atoms with Crippen LogP contribution < -0.4 is 0 Å². The molecule has 202 valence electrons. The van der Waals surface area contributed by atoms with Crippen LogP contribution in [0.2, 0.25) is 0 Å². The minimum Gasteiger partial charge on any atom is -0.478 e. The van der Waals surface area contributed by atoms with Crippen LogP contribution in [0.1, 0.15) is 58.9 Å². The molecule has 0 unspecified atom stereocenters. The van der Waals surface area contributed by atoms with Gasteiger partial charge in [0.2, 0.25) is 0 Å². The van der Waals surface area contributed by atoms with Crippen LogP contribution in [0.25, 0.3) is 44.7 Å². The molecule has 0 bridgehead atoms. The third-order valence-corrected chi connectivity index (χ3v) is 7.50. The van der Waals surface area contributed by atoms with Gasteiger partial charge in [-0.05, 0) is 78.4 Å². The molecular formula is C31H27N3O5S. The van der Waals surface area contributed by atoms with Crippen LogP contribution in [0, 0.1) is 0 Å². The van der Waals surface area contributed by atoms with Crippen molar-refractivity contribution >= 4 is 23.3 Å². The van der Waals surface area contributed by atoms with Crippen molar-refractivity contribution in [1.29, 1.82) is 0 Å². The van der Waals surface area contributed by atoms with Crippen molar-refractivity contribution in [2.45, 2.75) is 39.0 Å². The first kappa shape index (κ1) is 27.0. The summed E-state index contributed by atoms with van der Waals surface area (Å²) in [6.07, 6.45) is 8.81. The predicted molar refractivity (Wildman–Crippen MR) is 153 cm³/mol. The number of hydrogen-bond acceptors (Lipinski definition) is 7. The Bertz CT molecular complexity index is 1670. The number of carboxylic acids is 2. The van der Waals surface area contributed by atoms with Crippen LogP contribution in [0.5, 0.6) is 0 Å². The number of unbranched alkanes of at least 4 members (excludes halogenated alkanes) is 3. The molecule has 0 aliphatic carbocycles. The molecule has 9 heteroatoms. The van der Waals surface area contributed by atoms with E-state index in [1.807, 2.05) is 18.2 Å². The lowest BCUT2D eigenvalue weighted by Crippen LogP contribution is -2.02. The van der Waals surface area contributed by atoms with Crippen LogP contribution >= 0.6 is 11.3 Å². The fraction of sp³-hybridized carbons (Fsp3) is 0.194. The number of carbonyl (C=O) groups is 2. The fourth-order valence-electron chi connectivity index (χ4n) is 4.45. The number of hydrogen-bond donors (Lipinski definition) is 2. The van der Waals surface area contributed by atoms with Crippen molar-refractivity contribution in [3.63, 3.8) is 0 Å². The molecule has 40 heavy (non-hydrogen) atoms. The van der Waals surface area contributed by atoms with E-state index in [4.69, 9.17) is 4.42 Å². The van der Waals surface area contributed by atoms with E-state index in [-0.39, 0.29) is 22.5 Å². The Kier molecular flexibility index (Phi) is 8.12. The first-order valence-corrected chi connectivity index (χ1v) is 13.9. The largest absolute Gasteiger partial charge is 0.478 e. The number of rotatable bonds is 11. The monoisotopic (exact) mass is 553 g/mol. The zero-order chi connectivity index (χ0) is 28.1. The summed E-state index contributed by atoms with van der Waals surface area (Å²) >= 11 is 1.67. The van der Waals surface area contributed by atoms with Crippen molar-refractivity contribution < 1.29 is 24.2 Å². The van der Waals surface area contributed by atoms with E-state index >= 15 is 0 Å². The molecule has 8 nitrogen and oxygen atoms in total. The molecule has 2 N–H and O–H groups in total. The molecular weight excluding hydrogens is 526 g/mol. The van der Waals surface area contributed by atoms with Gasteiger partial charge in [-0.15, -0.1) is 11.3 Å². The average Bonchev–Trinajstić information content (AvgIpc) is 3.65. The molecule has 0 aromatic carbocycles. The Morgan fingerprint density at radius 1 is 0.775 bits per heavy atom. The highest BCUT2D eigenvalue weighted by atomic mass is 32.1. The smallest absolute Gasteiger partial charge is 0.335 e. The Balaban J connectivity index is 1.46. The lowest BCUT2D eigenvalue weighted by atomic mass is 10.1. The van der Waals surface area contributed by atoms with E-state index in [2.05, 4.69) is 33.3 Å². The van der Waals surface area contributed by atoms with Gasteiger partial charge in [0.15, 0.2) is 0 Å². The standard InChI is InChI=1S/C31H27N3O5S/c1-2-3-4-5-6-19-11-14-40-29(19)28-8-7-27(39-28)20-9-12-32-23(15-20)25-17-22(31(37)38)18-26(34-25)24-16-21(30(35)36)10-13-33-24/h7-18H,2-6H2,1H3,(H,35,36)(H,37,38). The van der Waals surface area contributed by atoms with Crippen molar-refractivity contribution in [1.82, 2.24) is 15.0 Å². The molecule has 0 saturated carbocycles. The van der Waals surface area contributed by atoms with E-state index in [1.165, 1.54) is 55.3 Å². The van der Waals surface area contributed by atoms with Gasteiger partial charge in [0.1, 0.15) is 11.5 Å². The molecule has 5 heterocycles. The summed E-state index contributed by atoms with van der Waals surface area (Å²) < 4.78 is 6.27. The predicted octanol–water partition coefficient (Wildman–Crippen LogP) is 7.71. The van der Waals surface area contributed by atoms with Crippen LogP contribution in [0.4, 0.5) is 0 Å². The van der Waals surface area contributed by atoms with Gasteiger partial charge in [0.05, 0.1) is 38.8 Å². The molecule has 0 aliphatic rings. The van der Waals surface area contributed by atoms with Gasteiger partial charge in [-0.1, -0.05) is 26.2 Å². The van der Waals surface area contributed by atoms with Crippen LogP contribution in [-0.2, 0) is 6.42 Å². The third-order valence-electron chi connectivity index (χ3n) is 6.52. The number of carboxylic acid groups (broad SMARTS) is 2. The molecule has 0 aliphatic heterocycles. The number of aromatic carboxylic acids is 2. The number of aromatic nitrogens is 3. The van der Waals surface area contributed by atoms with Crippen LogP contribution in [0.3, 0.4) is 0 Å². The highest BCUT2D eigenvalue weighted by Gasteiger charge is 2.17. The number of nitrogens with zero attached hydrogens (tertiary/aromatic N) is 3. The van der Waals surface area contributed by atoms with Gasteiger partial charge in [0, 0.05) is 18.0 Å². The maximum Gasteiger partial charge on any atom is 0.335 e. The first-order valence-electron chi connectivity index (χ1n) is 13.0. The van der Waals surface area contributed by atoms with Gasteiger partial charge in [-0.3, -0.25) is 9.97 Å². The second kappa shape index (κ2) is 12.0. The molecule has 0 amide bonds. The Morgan fingerprint density at radius 3 is 2.17 bits per heavy atom. The van der Waals surface area contributed by atoms with Gasteiger partial charge in [0.25, 0.3) is 0 Å². The van der Waals surface area contributed by atoms with Gasteiger partial charge >= 0.3 is 11.9 Å². The Hall–Kier alpha value is -4.63. The maximum absolute atomic E-state index is 11.9. The average molecular weight is 554 g/mol. The summed E-state index contributed by atoms with van der Waals surface area (Å²) in [4.78, 5) is 37.7. The first-order chi connectivity index (χ1) is 19.4. The SMILES string of the molecule is CCCCCCc1ccsc1-c1ccc(-c2ccnc(-c3cc(C(=O)O)cc(-c4cc(C(=O)O)ccn4)n3)c2)o1. The number of thiophene rings is 1. The number of furan rings is 1. The van der Waals surface area contributed by atoms with E-state index in [0.717, 1.165) is 29.0 Å². The highest BCUT2D eigenvalue weighted by Crippen LogP contribution is 2.35. The minimum absolute atomic E-state index is 0.0147. The van der Waals surface area contributed by atoms with E-state index < -0.39 is 11.9 Å². The lowest BCUT2D eigenvalue weighted by Gasteiger charge is -2.08. The van der Waals surface area contributed by atoms with Crippen molar-refractivity contribution in [3.8, 4) is 44.7 Å². The second-order valence-corrected chi connectivity index (χ2v) is 10.3. The highest BCUT2D eigenvalue weighted by molar-refractivity contribution is 7.13. The summed E-state index contributed by atoms with van der Waals surface area (Å²) in [6, 6.07) is 15.2. The quantitative estimate of drug-likeness (QED) is 0.159. The zero-order valence-electron chi connectivity index (χ0n) is 21.8. The summed E-state index contributed by atoms with van der Waals surface area (Å²) in [5, 5.41) is 21.2. The molecule has 0 radical (unpaired) electrons. The second-order valence-electron chi connectivity index (χ2n) is 9.35. The molecule has 0 spiro atoms. The maximum atomic E-state index is 11.9. The number of aryl methyl sites for hydroxylation is 1. The summed E-state index contributed by atoms with van der Waals surface area (Å²) in [5.74, 6) is -0.787. The van der Waals surface area contributed by atoms with Gasteiger partial charge in [-0.25, -0.2) is 14.6 Å². The van der Waals surface area contributed by atoms with Crippen molar-refractivity contribution in [2.75, 3.05) is 0 Å². The molecule has 5 aromatic rings. The summed E-state index contributed by atoms with van der Waals surface area (Å²) in [6.45, 7) is 2.21. The molecule has 0 saturated heterocycles. The Labute approximate surface area is 235 Å². The zero-order valence-corrected chi connectivity index (χ0v) is 22.6. The third kappa shape index (κ3) is 6.00. The van der Waals surface area contributed by atoms with Crippen molar-refractivity contribution in [3.05, 3.63) is 89.1 Å². The minimum atomic E-state index is -1.15. The molecule has 0 fully saturated rings. The summed E-state index contributed by atoms with van der Waals surface area (Å²) in [7, 11) is 0. The molecule has 5 aromatic heterocycles.